The van der Waals surface area contributed by atoms with Gasteiger partial charge in [-0.15, -0.1) is 0 Å². The molecule has 1 N–H and O–H groups in total. The predicted octanol–water partition coefficient (Wildman–Crippen LogP) is 2.70. The Balaban J connectivity index is 1.62. The Kier molecular flexibility index (Phi) is 4.46. The quantitative estimate of drug-likeness (QED) is 0.923. The number of anilines is 2. The maximum atomic E-state index is 12.6. The molecular formula is C18H25N5O. The van der Waals surface area contributed by atoms with Gasteiger partial charge in [-0.05, 0) is 32.4 Å². The molecule has 0 spiro atoms. The number of carbonyl (C=O) groups excluding carboxylic acids is 1. The highest BCUT2D eigenvalue weighted by Gasteiger charge is 2.23. The molecule has 0 bridgehead atoms. The molecule has 128 valence electrons. The average molecular weight is 327 g/mol. The lowest BCUT2D eigenvalue weighted by Gasteiger charge is -2.36. The van der Waals surface area contributed by atoms with Gasteiger partial charge in [0, 0.05) is 38.9 Å². The van der Waals surface area contributed by atoms with Crippen molar-refractivity contribution in [1.29, 1.82) is 0 Å². The molecule has 1 aliphatic rings. The van der Waals surface area contributed by atoms with Crippen LogP contribution in [0.5, 0.6) is 0 Å². The maximum Gasteiger partial charge on any atom is 0.322 e. The van der Waals surface area contributed by atoms with E-state index in [4.69, 9.17) is 0 Å². The number of aromatic nitrogens is 2. The zero-order chi connectivity index (χ0) is 17.3. The van der Waals surface area contributed by atoms with Crippen molar-refractivity contribution in [3.63, 3.8) is 0 Å². The number of benzene rings is 1. The fraction of sp³-hybridized carbons (Fsp3) is 0.444. The lowest BCUT2D eigenvalue weighted by molar-refractivity contribution is 0.208. The van der Waals surface area contributed by atoms with Crippen LogP contribution in [0.3, 0.4) is 0 Å². The molecule has 0 aliphatic carbocycles. The second kappa shape index (κ2) is 6.55. The Morgan fingerprint density at radius 3 is 2.33 bits per heavy atom. The third kappa shape index (κ3) is 3.09. The fourth-order valence-corrected chi connectivity index (χ4v) is 3.21. The highest BCUT2D eigenvalue weighted by atomic mass is 16.2. The smallest absolute Gasteiger partial charge is 0.322 e. The summed E-state index contributed by atoms with van der Waals surface area (Å²) in [6, 6.07) is 8.35. The van der Waals surface area contributed by atoms with E-state index in [9.17, 15) is 4.79 Å². The van der Waals surface area contributed by atoms with Gasteiger partial charge in [0.05, 0.1) is 17.1 Å². The molecule has 2 aromatic rings. The van der Waals surface area contributed by atoms with Crippen molar-refractivity contribution in [1.82, 2.24) is 14.7 Å². The van der Waals surface area contributed by atoms with Crippen LogP contribution in [0.15, 0.2) is 24.3 Å². The second-order valence-electron chi connectivity index (χ2n) is 6.36. The first-order chi connectivity index (χ1) is 11.5. The molecule has 0 saturated carbocycles. The number of carbonyl (C=O) groups is 1. The van der Waals surface area contributed by atoms with E-state index in [0.29, 0.717) is 0 Å². The molecule has 0 radical (unpaired) electrons. The number of piperazine rings is 1. The molecule has 6 nitrogen and oxygen atoms in total. The molecule has 1 aromatic heterocycles. The molecule has 24 heavy (non-hydrogen) atoms. The van der Waals surface area contributed by atoms with Gasteiger partial charge in [0.25, 0.3) is 0 Å². The highest BCUT2D eigenvalue weighted by Crippen LogP contribution is 2.22. The summed E-state index contributed by atoms with van der Waals surface area (Å²) in [4.78, 5) is 16.8. The minimum absolute atomic E-state index is 0.0429. The van der Waals surface area contributed by atoms with Crippen LogP contribution in [-0.2, 0) is 7.05 Å². The molecular weight excluding hydrogens is 302 g/mol. The molecule has 1 aliphatic heterocycles. The monoisotopic (exact) mass is 327 g/mol. The van der Waals surface area contributed by atoms with Crippen LogP contribution in [0.2, 0.25) is 0 Å². The molecule has 1 saturated heterocycles. The van der Waals surface area contributed by atoms with Crippen LogP contribution in [0.25, 0.3) is 0 Å². The Morgan fingerprint density at radius 1 is 1.08 bits per heavy atom. The molecule has 6 heteroatoms. The van der Waals surface area contributed by atoms with Crippen LogP contribution >= 0.6 is 0 Å². The number of urea groups is 1. The first kappa shape index (κ1) is 16.4. The van der Waals surface area contributed by atoms with Crippen molar-refractivity contribution in [2.45, 2.75) is 20.8 Å². The molecule has 2 heterocycles. The van der Waals surface area contributed by atoms with Gasteiger partial charge in [-0.3, -0.25) is 4.68 Å². The Hall–Kier alpha value is -2.50. The van der Waals surface area contributed by atoms with Gasteiger partial charge >= 0.3 is 6.03 Å². The minimum atomic E-state index is -0.0429. The van der Waals surface area contributed by atoms with E-state index < -0.39 is 0 Å². The summed E-state index contributed by atoms with van der Waals surface area (Å²) in [6.07, 6.45) is 0. The molecule has 1 fully saturated rings. The Labute approximate surface area is 143 Å². The van der Waals surface area contributed by atoms with E-state index in [-0.39, 0.29) is 6.03 Å². The number of amides is 2. The molecule has 2 amide bonds. The fourth-order valence-electron chi connectivity index (χ4n) is 3.21. The van der Waals surface area contributed by atoms with Crippen LogP contribution in [0, 0.1) is 20.8 Å². The lowest BCUT2D eigenvalue weighted by atomic mass is 10.1. The standard InChI is InChI=1S/C18H25N5O/c1-13-7-5-6-8-16(13)22-9-11-23(12-10-22)18(24)19-17-14(2)20-21(4)15(17)3/h5-8H,9-12H2,1-4H3,(H,19,24). The highest BCUT2D eigenvalue weighted by molar-refractivity contribution is 5.90. The normalized spacial score (nSPS) is 14.8. The number of hydrogen-bond acceptors (Lipinski definition) is 3. The molecule has 0 unspecified atom stereocenters. The average Bonchev–Trinajstić information content (AvgIpc) is 2.82. The third-order valence-electron chi connectivity index (χ3n) is 4.76. The third-order valence-corrected chi connectivity index (χ3v) is 4.76. The summed E-state index contributed by atoms with van der Waals surface area (Å²) in [5.41, 5.74) is 5.18. The molecule has 0 atom stereocenters. The number of para-hydroxylation sites is 1. The number of rotatable bonds is 2. The van der Waals surface area contributed by atoms with E-state index in [0.717, 1.165) is 43.3 Å². The van der Waals surface area contributed by atoms with Crippen LogP contribution in [0.4, 0.5) is 16.2 Å². The van der Waals surface area contributed by atoms with Gasteiger partial charge in [0.1, 0.15) is 0 Å². The summed E-state index contributed by atoms with van der Waals surface area (Å²) >= 11 is 0. The van der Waals surface area contributed by atoms with Crippen molar-refractivity contribution < 1.29 is 4.79 Å². The summed E-state index contributed by atoms with van der Waals surface area (Å²) in [5.74, 6) is 0. The molecule has 1 aromatic carbocycles. The number of aryl methyl sites for hydroxylation is 3. The van der Waals surface area contributed by atoms with Gasteiger partial charge in [0.15, 0.2) is 0 Å². The van der Waals surface area contributed by atoms with Crippen molar-refractivity contribution in [3.8, 4) is 0 Å². The van der Waals surface area contributed by atoms with Crippen molar-refractivity contribution in [2.75, 3.05) is 36.4 Å². The van der Waals surface area contributed by atoms with Crippen molar-refractivity contribution in [2.24, 2.45) is 7.05 Å². The van der Waals surface area contributed by atoms with Crippen LogP contribution < -0.4 is 10.2 Å². The topological polar surface area (TPSA) is 53.4 Å². The minimum Gasteiger partial charge on any atom is -0.368 e. The van der Waals surface area contributed by atoms with Gasteiger partial charge < -0.3 is 15.1 Å². The van der Waals surface area contributed by atoms with Crippen molar-refractivity contribution >= 4 is 17.4 Å². The predicted molar refractivity (Wildman–Crippen MR) is 96.7 cm³/mol. The van der Waals surface area contributed by atoms with E-state index in [1.165, 1.54) is 11.3 Å². The first-order valence-electron chi connectivity index (χ1n) is 8.34. The Bertz CT molecular complexity index is 744. The van der Waals surface area contributed by atoms with E-state index in [1.807, 2.05) is 25.8 Å². The van der Waals surface area contributed by atoms with Gasteiger partial charge in [-0.25, -0.2) is 4.79 Å². The van der Waals surface area contributed by atoms with Crippen LogP contribution in [-0.4, -0.2) is 46.9 Å². The zero-order valence-electron chi connectivity index (χ0n) is 14.8. The molecule has 3 rings (SSSR count). The largest absolute Gasteiger partial charge is 0.368 e. The number of nitrogens with one attached hydrogen (secondary N) is 1. The summed E-state index contributed by atoms with van der Waals surface area (Å²) in [6.45, 7) is 9.15. The maximum absolute atomic E-state index is 12.6. The number of hydrogen-bond donors (Lipinski definition) is 1. The summed E-state index contributed by atoms with van der Waals surface area (Å²) in [5, 5.41) is 7.37. The van der Waals surface area contributed by atoms with Gasteiger partial charge in [-0.2, -0.15) is 5.10 Å². The Morgan fingerprint density at radius 2 is 1.75 bits per heavy atom. The first-order valence-corrected chi connectivity index (χ1v) is 8.34. The van der Waals surface area contributed by atoms with Gasteiger partial charge in [0.2, 0.25) is 0 Å². The van der Waals surface area contributed by atoms with Crippen molar-refractivity contribution in [3.05, 3.63) is 41.2 Å². The van der Waals surface area contributed by atoms with Gasteiger partial charge in [-0.1, -0.05) is 18.2 Å². The lowest BCUT2D eigenvalue weighted by Crippen LogP contribution is -2.50. The SMILES string of the molecule is Cc1ccccc1N1CCN(C(=O)Nc2c(C)nn(C)c2C)CC1. The summed E-state index contributed by atoms with van der Waals surface area (Å²) in [7, 11) is 1.89. The van der Waals surface area contributed by atoms with E-state index in [1.54, 1.807) is 4.68 Å². The second-order valence-corrected chi connectivity index (χ2v) is 6.36. The zero-order valence-corrected chi connectivity index (χ0v) is 14.8. The van der Waals surface area contributed by atoms with E-state index >= 15 is 0 Å². The summed E-state index contributed by atoms with van der Waals surface area (Å²) < 4.78 is 1.79. The van der Waals surface area contributed by atoms with E-state index in [2.05, 4.69) is 46.5 Å². The number of nitrogens with zero attached hydrogens (tertiary/aromatic N) is 4. The van der Waals surface area contributed by atoms with Crippen LogP contribution in [0.1, 0.15) is 17.0 Å².